The molecule has 0 aromatic heterocycles. The summed E-state index contributed by atoms with van der Waals surface area (Å²) in [4.78, 5) is 1.92. The summed E-state index contributed by atoms with van der Waals surface area (Å²) in [7, 11) is 3.88. The normalized spacial score (nSPS) is 10.1. The maximum Gasteiger partial charge on any atom is 0.0603 e. The molecule has 0 fully saturated rings. The molecule has 0 atom stereocenters. The van der Waals surface area contributed by atoms with Crippen molar-refractivity contribution in [2.75, 3.05) is 27.2 Å². The van der Waals surface area contributed by atoms with Crippen LogP contribution >= 0.6 is 0 Å². The second-order valence-corrected chi connectivity index (χ2v) is 1.96. The third-order valence-corrected chi connectivity index (χ3v) is 0.747. The Morgan fingerprint density at radius 3 is 2.67 bits per heavy atom. The Hall–Kier alpha value is -0.700. The van der Waals surface area contributed by atoms with E-state index in [9.17, 15) is 0 Å². The second-order valence-electron chi connectivity index (χ2n) is 1.96. The Balaban J connectivity index is 3.04. The largest absolute Gasteiger partial charge is 0.395 e. The molecule has 0 bridgehead atoms. The van der Waals surface area contributed by atoms with Gasteiger partial charge in [0.1, 0.15) is 0 Å². The van der Waals surface area contributed by atoms with Crippen LogP contribution in [0.25, 0.3) is 0 Å². The lowest BCUT2D eigenvalue weighted by Crippen LogP contribution is -2.12. The van der Waals surface area contributed by atoms with E-state index in [0.717, 1.165) is 0 Å². The second kappa shape index (κ2) is 5.44. The number of hydrogen-bond acceptors (Lipinski definition) is 3. The predicted octanol–water partition coefficient (Wildman–Crippen LogP) is -0.399. The lowest BCUT2D eigenvalue weighted by molar-refractivity contribution is 0.298. The van der Waals surface area contributed by atoms with Crippen LogP contribution < -0.4 is 5.32 Å². The van der Waals surface area contributed by atoms with Gasteiger partial charge in [0.2, 0.25) is 0 Å². The molecule has 0 saturated carbocycles. The monoisotopic (exact) mass is 130 g/mol. The van der Waals surface area contributed by atoms with Gasteiger partial charge in [-0.15, -0.1) is 0 Å². The van der Waals surface area contributed by atoms with Crippen LogP contribution in [0.4, 0.5) is 0 Å². The molecule has 0 aliphatic rings. The number of nitrogens with zero attached hydrogens (tertiary/aromatic N) is 1. The molecule has 0 heterocycles. The van der Waals surface area contributed by atoms with Gasteiger partial charge >= 0.3 is 0 Å². The summed E-state index contributed by atoms with van der Waals surface area (Å²) in [5.41, 5.74) is 0. The van der Waals surface area contributed by atoms with Crippen molar-refractivity contribution >= 4 is 0 Å². The average Bonchev–Trinajstić information content (AvgIpc) is 1.80. The zero-order valence-corrected chi connectivity index (χ0v) is 5.96. The highest BCUT2D eigenvalue weighted by Crippen LogP contribution is 1.71. The van der Waals surface area contributed by atoms with Crippen LogP contribution in [0.2, 0.25) is 0 Å². The van der Waals surface area contributed by atoms with E-state index in [1.54, 1.807) is 6.20 Å². The van der Waals surface area contributed by atoms with E-state index in [0.29, 0.717) is 6.54 Å². The average molecular weight is 130 g/mol. The van der Waals surface area contributed by atoms with Crippen molar-refractivity contribution < 1.29 is 5.11 Å². The number of nitrogens with one attached hydrogen (secondary N) is 1. The lowest BCUT2D eigenvalue weighted by atomic mass is 10.7. The fraction of sp³-hybridized carbons (Fsp3) is 0.667. The van der Waals surface area contributed by atoms with Crippen molar-refractivity contribution in [3.05, 3.63) is 12.4 Å². The maximum absolute atomic E-state index is 8.32. The number of aliphatic hydroxyl groups is 1. The van der Waals surface area contributed by atoms with Gasteiger partial charge in [0.15, 0.2) is 0 Å². The third-order valence-electron chi connectivity index (χ3n) is 0.747. The number of rotatable bonds is 4. The zero-order chi connectivity index (χ0) is 7.11. The molecule has 0 aromatic rings. The predicted molar refractivity (Wildman–Crippen MR) is 37.9 cm³/mol. The number of aliphatic hydroxyl groups excluding tert-OH is 1. The van der Waals surface area contributed by atoms with E-state index >= 15 is 0 Å². The fourth-order valence-corrected chi connectivity index (χ4v) is 0.350. The standard InChI is InChI=1S/C6H14N2O/c1-8(2)5-3-7-4-6-9/h3,5,7,9H,4,6H2,1-2H3/b5-3+. The van der Waals surface area contributed by atoms with Crippen LogP contribution in [0.3, 0.4) is 0 Å². The highest BCUT2D eigenvalue weighted by molar-refractivity contribution is 4.75. The van der Waals surface area contributed by atoms with Crippen LogP contribution in [0.15, 0.2) is 12.4 Å². The Bertz CT molecular complexity index is 81.1. The van der Waals surface area contributed by atoms with Gasteiger partial charge in [0.25, 0.3) is 0 Å². The topological polar surface area (TPSA) is 35.5 Å². The molecule has 0 radical (unpaired) electrons. The highest BCUT2D eigenvalue weighted by Gasteiger charge is 1.75. The van der Waals surface area contributed by atoms with Gasteiger partial charge in [0.05, 0.1) is 6.61 Å². The first-order chi connectivity index (χ1) is 4.27. The summed E-state index contributed by atoms with van der Waals surface area (Å²) < 4.78 is 0. The van der Waals surface area contributed by atoms with Crippen LogP contribution in [0.5, 0.6) is 0 Å². The molecule has 0 aromatic carbocycles. The molecule has 0 unspecified atom stereocenters. The summed E-state index contributed by atoms with van der Waals surface area (Å²) in [5.74, 6) is 0. The first kappa shape index (κ1) is 8.30. The minimum atomic E-state index is 0.178. The Morgan fingerprint density at radius 1 is 1.56 bits per heavy atom. The van der Waals surface area contributed by atoms with Gasteiger partial charge in [-0.25, -0.2) is 0 Å². The molecule has 2 N–H and O–H groups in total. The summed E-state index contributed by atoms with van der Waals surface area (Å²) in [5, 5.41) is 11.2. The molecule has 3 heteroatoms. The van der Waals surface area contributed by atoms with Gasteiger partial charge in [-0.2, -0.15) is 0 Å². The minimum Gasteiger partial charge on any atom is -0.395 e. The number of hydrogen-bond donors (Lipinski definition) is 2. The molecule has 54 valence electrons. The molecule has 0 aliphatic heterocycles. The van der Waals surface area contributed by atoms with Crippen molar-refractivity contribution in [2.24, 2.45) is 0 Å². The van der Waals surface area contributed by atoms with Gasteiger partial charge in [-0.05, 0) is 0 Å². The summed E-state index contributed by atoms with van der Waals surface area (Å²) >= 11 is 0. The molecule has 0 rings (SSSR count). The van der Waals surface area contributed by atoms with Gasteiger partial charge in [0, 0.05) is 33.0 Å². The Morgan fingerprint density at radius 2 is 2.22 bits per heavy atom. The molecule has 0 amide bonds. The molecular formula is C6H14N2O. The van der Waals surface area contributed by atoms with Crippen molar-refractivity contribution in [1.82, 2.24) is 10.2 Å². The van der Waals surface area contributed by atoms with Crippen LogP contribution in [-0.4, -0.2) is 37.3 Å². The van der Waals surface area contributed by atoms with E-state index in [1.807, 2.05) is 25.2 Å². The Kier molecular flexibility index (Phi) is 5.01. The Labute approximate surface area is 56.0 Å². The maximum atomic E-state index is 8.32. The van der Waals surface area contributed by atoms with Crippen LogP contribution in [-0.2, 0) is 0 Å². The SMILES string of the molecule is CN(C)/C=C/NCCO. The summed E-state index contributed by atoms with van der Waals surface area (Å²) in [6.07, 6.45) is 3.69. The molecule has 9 heavy (non-hydrogen) atoms. The first-order valence-electron chi connectivity index (χ1n) is 2.94. The lowest BCUT2D eigenvalue weighted by Gasteiger charge is -2.03. The van der Waals surface area contributed by atoms with Gasteiger partial charge in [-0.1, -0.05) is 0 Å². The van der Waals surface area contributed by atoms with Crippen molar-refractivity contribution in [2.45, 2.75) is 0 Å². The highest BCUT2D eigenvalue weighted by atomic mass is 16.3. The van der Waals surface area contributed by atoms with Crippen molar-refractivity contribution in [3.8, 4) is 0 Å². The smallest absolute Gasteiger partial charge is 0.0603 e. The van der Waals surface area contributed by atoms with Gasteiger partial charge < -0.3 is 15.3 Å². The third kappa shape index (κ3) is 7.30. The zero-order valence-electron chi connectivity index (χ0n) is 5.96. The van der Waals surface area contributed by atoms with Crippen LogP contribution in [0, 0.1) is 0 Å². The van der Waals surface area contributed by atoms with Gasteiger partial charge in [-0.3, -0.25) is 0 Å². The quantitative estimate of drug-likeness (QED) is 0.508. The van der Waals surface area contributed by atoms with Crippen LogP contribution in [0.1, 0.15) is 0 Å². The first-order valence-corrected chi connectivity index (χ1v) is 2.94. The molecule has 0 spiro atoms. The molecule has 3 nitrogen and oxygen atoms in total. The minimum absolute atomic E-state index is 0.178. The summed E-state index contributed by atoms with van der Waals surface area (Å²) in [6.45, 7) is 0.794. The molecule has 0 saturated heterocycles. The van der Waals surface area contributed by atoms with E-state index in [2.05, 4.69) is 5.32 Å². The van der Waals surface area contributed by atoms with Crippen molar-refractivity contribution in [3.63, 3.8) is 0 Å². The summed E-state index contributed by atoms with van der Waals surface area (Å²) in [6, 6.07) is 0. The van der Waals surface area contributed by atoms with Crippen molar-refractivity contribution in [1.29, 1.82) is 0 Å². The molecular weight excluding hydrogens is 116 g/mol. The van der Waals surface area contributed by atoms with E-state index in [-0.39, 0.29) is 6.61 Å². The molecule has 0 aliphatic carbocycles. The van der Waals surface area contributed by atoms with E-state index < -0.39 is 0 Å². The van der Waals surface area contributed by atoms with E-state index in [1.165, 1.54) is 0 Å². The fourth-order valence-electron chi connectivity index (χ4n) is 0.350. The van der Waals surface area contributed by atoms with E-state index in [4.69, 9.17) is 5.11 Å².